The Morgan fingerprint density at radius 3 is 2.52 bits per heavy atom. The number of hydrogen-bond acceptors (Lipinski definition) is 4. The van der Waals surface area contributed by atoms with Crippen molar-refractivity contribution in [3.8, 4) is 11.8 Å². The molecule has 0 aliphatic carbocycles. The van der Waals surface area contributed by atoms with E-state index in [1.807, 2.05) is 6.07 Å². The average Bonchev–Trinajstić information content (AvgIpc) is 2.44. The zero-order valence-corrected chi connectivity index (χ0v) is 12.7. The SMILES string of the molecule is C=C(/C=C\C(N)=C/N)Oc1ccc(C#N)cc1C(C)(C)C. The number of allylic oxidation sites excluding steroid dienone is 2. The number of nitrogens with zero attached hydrogens (tertiary/aromatic N) is 1. The maximum atomic E-state index is 9.02. The number of nitriles is 1. The Morgan fingerprint density at radius 2 is 2.00 bits per heavy atom. The van der Waals surface area contributed by atoms with Crippen molar-refractivity contribution in [3.05, 3.63) is 65.7 Å². The maximum absolute atomic E-state index is 9.02. The molecular formula is C17H21N3O. The van der Waals surface area contributed by atoms with Gasteiger partial charge in [-0.1, -0.05) is 27.4 Å². The number of ether oxygens (including phenoxy) is 1. The third-order valence-electron chi connectivity index (χ3n) is 2.81. The van der Waals surface area contributed by atoms with Crippen LogP contribution in [-0.4, -0.2) is 0 Å². The van der Waals surface area contributed by atoms with Crippen molar-refractivity contribution in [2.75, 3.05) is 0 Å². The van der Waals surface area contributed by atoms with Gasteiger partial charge >= 0.3 is 0 Å². The molecule has 0 heterocycles. The van der Waals surface area contributed by atoms with Gasteiger partial charge in [0, 0.05) is 17.5 Å². The van der Waals surface area contributed by atoms with Crippen LogP contribution in [0.25, 0.3) is 0 Å². The molecule has 0 radical (unpaired) electrons. The predicted octanol–water partition coefficient (Wildman–Crippen LogP) is 3.06. The first-order chi connectivity index (χ1) is 9.77. The molecule has 0 amide bonds. The fourth-order valence-corrected chi connectivity index (χ4v) is 1.69. The van der Waals surface area contributed by atoms with Gasteiger partial charge in [-0.25, -0.2) is 0 Å². The minimum absolute atomic E-state index is 0.150. The Balaban J connectivity index is 3.06. The molecule has 4 heteroatoms. The highest BCUT2D eigenvalue weighted by Gasteiger charge is 2.20. The first-order valence-corrected chi connectivity index (χ1v) is 6.54. The Labute approximate surface area is 126 Å². The molecule has 0 spiro atoms. The Hall–Kier alpha value is -2.67. The van der Waals surface area contributed by atoms with Gasteiger partial charge < -0.3 is 16.2 Å². The van der Waals surface area contributed by atoms with Crippen molar-refractivity contribution >= 4 is 0 Å². The van der Waals surface area contributed by atoms with Gasteiger partial charge in [-0.2, -0.15) is 5.26 Å². The summed E-state index contributed by atoms with van der Waals surface area (Å²) in [5, 5.41) is 9.02. The Morgan fingerprint density at radius 1 is 1.33 bits per heavy atom. The largest absolute Gasteiger partial charge is 0.458 e. The van der Waals surface area contributed by atoms with Gasteiger partial charge in [0.15, 0.2) is 0 Å². The molecule has 0 bridgehead atoms. The molecule has 0 saturated carbocycles. The van der Waals surface area contributed by atoms with E-state index in [2.05, 4.69) is 33.4 Å². The summed E-state index contributed by atoms with van der Waals surface area (Å²) in [6, 6.07) is 7.47. The normalized spacial score (nSPS) is 12.2. The molecular weight excluding hydrogens is 262 g/mol. The molecule has 0 aromatic heterocycles. The van der Waals surface area contributed by atoms with Gasteiger partial charge in [-0.3, -0.25) is 0 Å². The lowest BCUT2D eigenvalue weighted by molar-refractivity contribution is 0.426. The molecule has 1 aromatic carbocycles. The molecule has 0 atom stereocenters. The van der Waals surface area contributed by atoms with Crippen LogP contribution in [0.2, 0.25) is 0 Å². The van der Waals surface area contributed by atoms with E-state index in [0.717, 1.165) is 5.56 Å². The van der Waals surface area contributed by atoms with Gasteiger partial charge in [0.05, 0.1) is 11.6 Å². The summed E-state index contributed by atoms with van der Waals surface area (Å²) >= 11 is 0. The topological polar surface area (TPSA) is 85.1 Å². The molecule has 0 unspecified atom stereocenters. The third kappa shape index (κ3) is 4.73. The number of benzene rings is 1. The van der Waals surface area contributed by atoms with Crippen molar-refractivity contribution in [1.29, 1.82) is 5.26 Å². The van der Waals surface area contributed by atoms with Crippen LogP contribution in [0.4, 0.5) is 0 Å². The zero-order valence-electron chi connectivity index (χ0n) is 12.7. The molecule has 110 valence electrons. The van der Waals surface area contributed by atoms with Gasteiger partial charge in [-0.15, -0.1) is 0 Å². The van der Waals surface area contributed by atoms with E-state index < -0.39 is 0 Å². The lowest BCUT2D eigenvalue weighted by Crippen LogP contribution is -2.13. The van der Waals surface area contributed by atoms with Crippen LogP contribution in [0.15, 0.2) is 54.6 Å². The fourth-order valence-electron chi connectivity index (χ4n) is 1.69. The second-order valence-corrected chi connectivity index (χ2v) is 5.64. The van der Waals surface area contributed by atoms with E-state index in [1.54, 1.807) is 24.3 Å². The third-order valence-corrected chi connectivity index (χ3v) is 2.81. The zero-order chi connectivity index (χ0) is 16.0. The van der Waals surface area contributed by atoms with Gasteiger partial charge in [0.1, 0.15) is 11.5 Å². The average molecular weight is 283 g/mol. The molecule has 0 aliphatic heterocycles. The summed E-state index contributed by atoms with van der Waals surface area (Å²) < 4.78 is 5.75. The summed E-state index contributed by atoms with van der Waals surface area (Å²) in [6.45, 7) is 10.0. The van der Waals surface area contributed by atoms with E-state index in [-0.39, 0.29) is 5.41 Å². The van der Waals surface area contributed by atoms with Crippen LogP contribution in [0.5, 0.6) is 5.75 Å². The van der Waals surface area contributed by atoms with Crippen molar-refractivity contribution in [2.45, 2.75) is 26.2 Å². The second kappa shape index (κ2) is 6.67. The first kappa shape index (κ1) is 16.4. The fraction of sp³-hybridized carbons (Fsp3) is 0.235. The molecule has 1 rings (SSSR count). The summed E-state index contributed by atoms with van der Waals surface area (Å²) in [7, 11) is 0. The lowest BCUT2D eigenvalue weighted by atomic mass is 9.85. The smallest absolute Gasteiger partial charge is 0.131 e. The van der Waals surface area contributed by atoms with Crippen molar-refractivity contribution in [3.63, 3.8) is 0 Å². The second-order valence-electron chi connectivity index (χ2n) is 5.64. The van der Waals surface area contributed by atoms with Crippen LogP contribution >= 0.6 is 0 Å². The number of rotatable bonds is 4. The van der Waals surface area contributed by atoms with E-state index in [4.69, 9.17) is 21.5 Å². The summed E-state index contributed by atoms with van der Waals surface area (Å²) in [4.78, 5) is 0. The van der Waals surface area contributed by atoms with Crippen LogP contribution in [-0.2, 0) is 5.41 Å². The molecule has 0 aliphatic rings. The van der Waals surface area contributed by atoms with Gasteiger partial charge in [0.25, 0.3) is 0 Å². The molecule has 4 nitrogen and oxygen atoms in total. The predicted molar refractivity (Wildman–Crippen MR) is 85.2 cm³/mol. The first-order valence-electron chi connectivity index (χ1n) is 6.54. The molecule has 0 saturated heterocycles. The molecule has 1 aromatic rings. The van der Waals surface area contributed by atoms with E-state index in [1.165, 1.54) is 6.20 Å². The highest BCUT2D eigenvalue weighted by molar-refractivity contribution is 5.46. The van der Waals surface area contributed by atoms with E-state index >= 15 is 0 Å². The van der Waals surface area contributed by atoms with Gasteiger partial charge in [-0.05, 0) is 35.8 Å². The van der Waals surface area contributed by atoms with Crippen molar-refractivity contribution < 1.29 is 4.74 Å². The number of nitrogens with two attached hydrogens (primary N) is 2. The van der Waals surface area contributed by atoms with E-state index in [9.17, 15) is 0 Å². The highest BCUT2D eigenvalue weighted by Crippen LogP contribution is 2.33. The molecule has 0 fully saturated rings. The standard InChI is InChI=1S/C17H21N3O/c1-12(5-7-14(20)11-19)21-16-8-6-13(10-18)9-15(16)17(2,3)4/h5-9,11H,1,19-20H2,2-4H3/b7-5-,14-11+. The molecule has 4 N–H and O–H groups in total. The van der Waals surface area contributed by atoms with Crippen LogP contribution in [0, 0.1) is 11.3 Å². The van der Waals surface area contributed by atoms with Gasteiger partial charge in [0.2, 0.25) is 0 Å². The highest BCUT2D eigenvalue weighted by atomic mass is 16.5. The Bertz CT molecular complexity index is 628. The maximum Gasteiger partial charge on any atom is 0.131 e. The Kier molecular flexibility index (Phi) is 5.20. The quantitative estimate of drug-likeness (QED) is 0.657. The molecule has 21 heavy (non-hydrogen) atoms. The monoisotopic (exact) mass is 283 g/mol. The minimum Gasteiger partial charge on any atom is -0.458 e. The minimum atomic E-state index is -0.150. The summed E-state index contributed by atoms with van der Waals surface area (Å²) in [5.74, 6) is 1.11. The summed E-state index contributed by atoms with van der Waals surface area (Å²) in [6.07, 6.45) is 4.55. The van der Waals surface area contributed by atoms with Crippen LogP contribution in [0.3, 0.4) is 0 Å². The van der Waals surface area contributed by atoms with Crippen LogP contribution in [0.1, 0.15) is 31.9 Å². The number of hydrogen-bond donors (Lipinski definition) is 2. The lowest BCUT2D eigenvalue weighted by Gasteiger charge is -2.23. The van der Waals surface area contributed by atoms with Crippen molar-refractivity contribution in [1.82, 2.24) is 0 Å². The van der Waals surface area contributed by atoms with E-state index in [0.29, 0.717) is 22.8 Å². The summed E-state index contributed by atoms with van der Waals surface area (Å²) in [5.41, 5.74) is 12.7. The van der Waals surface area contributed by atoms with Crippen LogP contribution < -0.4 is 16.2 Å². The van der Waals surface area contributed by atoms with Crippen molar-refractivity contribution in [2.24, 2.45) is 11.5 Å².